The van der Waals surface area contributed by atoms with Crippen LogP contribution in [0.25, 0.3) is 0 Å². The summed E-state index contributed by atoms with van der Waals surface area (Å²) >= 11 is 0. The van der Waals surface area contributed by atoms with Gasteiger partial charge in [-0.2, -0.15) is 0 Å². The van der Waals surface area contributed by atoms with Crippen molar-refractivity contribution in [3.8, 4) is 5.75 Å². The molecule has 1 fully saturated rings. The van der Waals surface area contributed by atoms with Gasteiger partial charge in [-0.3, -0.25) is 4.79 Å². The normalized spacial score (nSPS) is 17.8. The van der Waals surface area contributed by atoms with E-state index in [1.807, 2.05) is 32.9 Å². The van der Waals surface area contributed by atoms with Gasteiger partial charge in [-0.1, -0.05) is 0 Å². The fourth-order valence-corrected chi connectivity index (χ4v) is 2.71. The smallest absolute Gasteiger partial charge is 0.308 e. The van der Waals surface area contributed by atoms with Gasteiger partial charge < -0.3 is 14.2 Å². The Kier molecular flexibility index (Phi) is 5.62. The van der Waals surface area contributed by atoms with Crippen molar-refractivity contribution in [2.75, 3.05) is 13.2 Å². The molecule has 0 amide bonds. The Labute approximate surface area is 126 Å². The minimum atomic E-state index is -0.189. The molecule has 0 spiro atoms. The molecule has 4 heteroatoms. The van der Waals surface area contributed by atoms with Gasteiger partial charge in [0.05, 0.1) is 19.1 Å². The van der Waals surface area contributed by atoms with E-state index in [2.05, 4.69) is 0 Å². The lowest BCUT2D eigenvalue weighted by molar-refractivity contribution is -0.147. The van der Waals surface area contributed by atoms with Crippen molar-refractivity contribution >= 4 is 5.97 Å². The Bertz CT molecular complexity index is 467. The number of benzene rings is 1. The molecule has 1 aromatic rings. The summed E-state index contributed by atoms with van der Waals surface area (Å²) in [6.45, 7) is 7.71. The predicted octanol–water partition coefficient (Wildman–Crippen LogP) is 3.31. The largest absolute Gasteiger partial charge is 0.493 e. The molecular weight excluding hydrogens is 268 g/mol. The molecular formula is C17H24O4. The third kappa shape index (κ3) is 4.46. The van der Waals surface area contributed by atoms with E-state index in [1.54, 1.807) is 0 Å². The van der Waals surface area contributed by atoms with E-state index in [-0.39, 0.29) is 12.1 Å². The number of hydrogen-bond acceptors (Lipinski definition) is 4. The van der Waals surface area contributed by atoms with Gasteiger partial charge in [0, 0.05) is 6.61 Å². The van der Waals surface area contributed by atoms with Crippen molar-refractivity contribution in [1.82, 2.24) is 0 Å². The summed E-state index contributed by atoms with van der Waals surface area (Å²) in [6.07, 6.45) is 2.39. The highest BCUT2D eigenvalue weighted by Gasteiger charge is 2.20. The molecule has 116 valence electrons. The van der Waals surface area contributed by atoms with Gasteiger partial charge in [0.15, 0.2) is 0 Å². The Balaban J connectivity index is 1.89. The molecule has 21 heavy (non-hydrogen) atoms. The van der Waals surface area contributed by atoms with Gasteiger partial charge in [-0.05, 0) is 62.4 Å². The van der Waals surface area contributed by atoms with Crippen molar-refractivity contribution in [2.24, 2.45) is 0 Å². The van der Waals surface area contributed by atoms with Crippen LogP contribution in [0.2, 0.25) is 0 Å². The number of carbonyl (C=O) groups excluding carboxylic acids is 1. The van der Waals surface area contributed by atoms with E-state index in [0.29, 0.717) is 19.6 Å². The maximum Gasteiger partial charge on any atom is 0.308 e. The lowest BCUT2D eigenvalue weighted by Gasteiger charge is -2.13. The number of ether oxygens (including phenoxy) is 3. The summed E-state index contributed by atoms with van der Waals surface area (Å²) in [6, 6.07) is 4.02. The van der Waals surface area contributed by atoms with Crippen LogP contribution in [0, 0.1) is 13.8 Å². The minimum Gasteiger partial charge on any atom is -0.493 e. The Hall–Kier alpha value is -1.55. The van der Waals surface area contributed by atoms with E-state index >= 15 is 0 Å². The van der Waals surface area contributed by atoms with Crippen LogP contribution in [0.1, 0.15) is 42.9 Å². The second kappa shape index (κ2) is 7.46. The highest BCUT2D eigenvalue weighted by atomic mass is 16.5. The summed E-state index contributed by atoms with van der Waals surface area (Å²) in [5.41, 5.74) is 3.14. The van der Waals surface area contributed by atoms with Crippen LogP contribution in [-0.4, -0.2) is 25.3 Å². The average Bonchev–Trinajstić information content (AvgIpc) is 2.93. The van der Waals surface area contributed by atoms with Crippen molar-refractivity contribution in [2.45, 2.75) is 52.7 Å². The van der Waals surface area contributed by atoms with Crippen LogP contribution >= 0.6 is 0 Å². The number of esters is 1. The molecule has 1 aliphatic rings. The van der Waals surface area contributed by atoms with Crippen LogP contribution < -0.4 is 4.74 Å². The van der Waals surface area contributed by atoms with E-state index in [4.69, 9.17) is 14.2 Å². The zero-order valence-corrected chi connectivity index (χ0v) is 13.1. The highest BCUT2D eigenvalue weighted by Crippen LogP contribution is 2.25. The minimum absolute atomic E-state index is 0.0429. The molecule has 4 nitrogen and oxygen atoms in total. The third-order valence-corrected chi connectivity index (χ3v) is 3.63. The molecule has 0 aromatic heterocycles. The Morgan fingerprint density at radius 1 is 1.33 bits per heavy atom. The van der Waals surface area contributed by atoms with Gasteiger partial charge in [0.1, 0.15) is 12.4 Å². The first-order chi connectivity index (χ1) is 10.1. The Morgan fingerprint density at radius 2 is 2.05 bits per heavy atom. The maximum atomic E-state index is 11.8. The standard InChI is InChI=1S/C17H24O4/c1-4-19-17-12(2)8-14(9-13(17)3)11-21-16(18)10-15-6-5-7-20-15/h8-9,15H,4-7,10-11H2,1-3H3/t15-/m0/s1. The van der Waals surface area contributed by atoms with Gasteiger partial charge in [0.2, 0.25) is 0 Å². The second-order valence-corrected chi connectivity index (χ2v) is 5.49. The summed E-state index contributed by atoms with van der Waals surface area (Å²) in [7, 11) is 0. The first kappa shape index (κ1) is 15.8. The lowest BCUT2D eigenvalue weighted by atomic mass is 10.1. The quantitative estimate of drug-likeness (QED) is 0.755. The first-order valence-corrected chi connectivity index (χ1v) is 7.60. The number of rotatable bonds is 6. The molecule has 1 aromatic carbocycles. The average molecular weight is 292 g/mol. The molecule has 0 aliphatic carbocycles. The molecule has 2 rings (SSSR count). The second-order valence-electron chi connectivity index (χ2n) is 5.49. The lowest BCUT2D eigenvalue weighted by Crippen LogP contribution is -2.15. The van der Waals surface area contributed by atoms with Crippen LogP contribution in [0.15, 0.2) is 12.1 Å². The van der Waals surface area contributed by atoms with E-state index in [1.165, 1.54) is 0 Å². The number of aryl methyl sites for hydroxylation is 2. The van der Waals surface area contributed by atoms with E-state index in [0.717, 1.165) is 41.9 Å². The molecule has 0 saturated carbocycles. The van der Waals surface area contributed by atoms with Crippen LogP contribution in [0.5, 0.6) is 5.75 Å². The monoisotopic (exact) mass is 292 g/mol. The van der Waals surface area contributed by atoms with E-state index < -0.39 is 0 Å². The molecule has 0 unspecified atom stereocenters. The molecule has 0 radical (unpaired) electrons. The SMILES string of the molecule is CCOc1c(C)cc(COC(=O)C[C@@H]2CCCO2)cc1C. The number of hydrogen-bond donors (Lipinski definition) is 0. The summed E-state index contributed by atoms with van der Waals surface area (Å²) < 4.78 is 16.4. The zero-order valence-electron chi connectivity index (χ0n) is 13.1. The third-order valence-electron chi connectivity index (χ3n) is 3.63. The van der Waals surface area contributed by atoms with Crippen molar-refractivity contribution in [1.29, 1.82) is 0 Å². The molecule has 1 atom stereocenters. The van der Waals surface area contributed by atoms with Crippen molar-refractivity contribution in [3.63, 3.8) is 0 Å². The number of carbonyl (C=O) groups is 1. The van der Waals surface area contributed by atoms with Gasteiger partial charge >= 0.3 is 5.97 Å². The summed E-state index contributed by atoms with van der Waals surface area (Å²) in [5.74, 6) is 0.734. The maximum absolute atomic E-state index is 11.8. The first-order valence-electron chi connectivity index (χ1n) is 7.60. The molecule has 0 N–H and O–H groups in total. The topological polar surface area (TPSA) is 44.8 Å². The summed E-state index contributed by atoms with van der Waals surface area (Å²) in [4.78, 5) is 11.8. The fraction of sp³-hybridized carbons (Fsp3) is 0.588. The molecule has 1 heterocycles. The molecule has 0 bridgehead atoms. The predicted molar refractivity (Wildman–Crippen MR) is 80.5 cm³/mol. The van der Waals surface area contributed by atoms with Gasteiger partial charge in [-0.25, -0.2) is 0 Å². The fourth-order valence-electron chi connectivity index (χ4n) is 2.71. The van der Waals surface area contributed by atoms with Crippen LogP contribution in [0.3, 0.4) is 0 Å². The van der Waals surface area contributed by atoms with Gasteiger partial charge in [-0.15, -0.1) is 0 Å². The molecule has 1 saturated heterocycles. The van der Waals surface area contributed by atoms with E-state index in [9.17, 15) is 4.79 Å². The van der Waals surface area contributed by atoms with Crippen LogP contribution in [-0.2, 0) is 20.9 Å². The zero-order chi connectivity index (χ0) is 15.2. The van der Waals surface area contributed by atoms with Crippen molar-refractivity contribution in [3.05, 3.63) is 28.8 Å². The van der Waals surface area contributed by atoms with Crippen LogP contribution in [0.4, 0.5) is 0 Å². The Morgan fingerprint density at radius 3 is 2.62 bits per heavy atom. The molecule has 1 aliphatic heterocycles. The highest BCUT2D eigenvalue weighted by molar-refractivity contribution is 5.70. The van der Waals surface area contributed by atoms with Crippen molar-refractivity contribution < 1.29 is 19.0 Å². The summed E-state index contributed by atoms with van der Waals surface area (Å²) in [5, 5.41) is 0. The van der Waals surface area contributed by atoms with Gasteiger partial charge in [0.25, 0.3) is 0 Å².